The van der Waals surface area contributed by atoms with Gasteiger partial charge in [0.25, 0.3) is 0 Å². The lowest BCUT2D eigenvalue weighted by Gasteiger charge is -2.34. The van der Waals surface area contributed by atoms with E-state index < -0.39 is 11.6 Å². The summed E-state index contributed by atoms with van der Waals surface area (Å²) in [7, 11) is 0. The van der Waals surface area contributed by atoms with Gasteiger partial charge in [0.2, 0.25) is 0 Å². The van der Waals surface area contributed by atoms with E-state index in [0.29, 0.717) is 12.0 Å². The van der Waals surface area contributed by atoms with Crippen LogP contribution in [0.5, 0.6) is 0 Å². The van der Waals surface area contributed by atoms with Gasteiger partial charge in [0.15, 0.2) is 11.6 Å². The largest absolute Gasteiger partial charge is 0.313 e. The summed E-state index contributed by atoms with van der Waals surface area (Å²) in [4.78, 5) is 0. The molecule has 118 valence electrons. The van der Waals surface area contributed by atoms with Gasteiger partial charge in [-0.15, -0.1) is 0 Å². The predicted molar refractivity (Wildman–Crippen MR) is 83.3 cm³/mol. The van der Waals surface area contributed by atoms with Crippen molar-refractivity contribution in [1.82, 2.24) is 5.32 Å². The first-order chi connectivity index (χ1) is 10.1. The topological polar surface area (TPSA) is 12.0 Å². The van der Waals surface area contributed by atoms with Crippen molar-refractivity contribution in [2.45, 2.75) is 58.4 Å². The van der Waals surface area contributed by atoms with Gasteiger partial charge in [-0.05, 0) is 61.8 Å². The van der Waals surface area contributed by atoms with Gasteiger partial charge in [-0.25, -0.2) is 8.78 Å². The van der Waals surface area contributed by atoms with Crippen molar-refractivity contribution in [1.29, 1.82) is 0 Å². The van der Waals surface area contributed by atoms with Gasteiger partial charge in [-0.2, -0.15) is 0 Å². The third kappa shape index (κ3) is 4.77. The second-order valence-corrected chi connectivity index (χ2v) is 6.55. The molecule has 3 atom stereocenters. The molecule has 1 saturated carbocycles. The third-order valence-corrected chi connectivity index (χ3v) is 4.64. The SMILES string of the molecule is CCCNC(Cc1ccc(F)c(F)c1)C1CCCC(C)C1. The lowest BCUT2D eigenvalue weighted by atomic mass is 9.77. The van der Waals surface area contributed by atoms with E-state index in [-0.39, 0.29) is 0 Å². The van der Waals surface area contributed by atoms with Crippen LogP contribution in [-0.2, 0) is 6.42 Å². The van der Waals surface area contributed by atoms with Gasteiger partial charge < -0.3 is 5.32 Å². The average molecular weight is 295 g/mol. The number of nitrogens with one attached hydrogen (secondary N) is 1. The number of hydrogen-bond acceptors (Lipinski definition) is 1. The number of benzene rings is 1. The zero-order valence-electron chi connectivity index (χ0n) is 13.2. The van der Waals surface area contributed by atoms with Crippen LogP contribution in [0.1, 0.15) is 51.5 Å². The lowest BCUT2D eigenvalue weighted by molar-refractivity contribution is 0.221. The first-order valence-corrected chi connectivity index (χ1v) is 8.27. The molecule has 1 fully saturated rings. The molecule has 21 heavy (non-hydrogen) atoms. The Morgan fingerprint density at radius 1 is 1.24 bits per heavy atom. The molecule has 0 radical (unpaired) electrons. The van der Waals surface area contributed by atoms with Crippen molar-refractivity contribution in [2.75, 3.05) is 6.54 Å². The van der Waals surface area contributed by atoms with Crippen molar-refractivity contribution < 1.29 is 8.78 Å². The molecule has 1 aromatic carbocycles. The molecule has 0 aromatic heterocycles. The Kier molecular flexibility index (Phi) is 6.16. The maximum atomic E-state index is 13.4. The summed E-state index contributed by atoms with van der Waals surface area (Å²) in [6.07, 6.45) is 6.97. The summed E-state index contributed by atoms with van der Waals surface area (Å²) < 4.78 is 26.4. The Morgan fingerprint density at radius 2 is 2.05 bits per heavy atom. The van der Waals surface area contributed by atoms with Crippen molar-refractivity contribution in [3.63, 3.8) is 0 Å². The molecule has 1 aliphatic rings. The fourth-order valence-electron chi connectivity index (χ4n) is 3.50. The van der Waals surface area contributed by atoms with E-state index >= 15 is 0 Å². The Labute approximate surface area is 127 Å². The molecule has 1 aliphatic carbocycles. The smallest absolute Gasteiger partial charge is 0.159 e. The van der Waals surface area contributed by atoms with Crippen LogP contribution < -0.4 is 5.32 Å². The number of halogens is 2. The molecule has 1 nitrogen and oxygen atoms in total. The molecule has 3 heteroatoms. The van der Waals surface area contributed by atoms with Gasteiger partial charge in [-0.1, -0.05) is 32.8 Å². The van der Waals surface area contributed by atoms with Crippen LogP contribution in [0, 0.1) is 23.5 Å². The Bertz CT molecular complexity index is 447. The molecule has 0 spiro atoms. The monoisotopic (exact) mass is 295 g/mol. The van der Waals surface area contributed by atoms with E-state index in [0.717, 1.165) is 30.9 Å². The van der Waals surface area contributed by atoms with Crippen LogP contribution in [0.4, 0.5) is 8.78 Å². The highest BCUT2D eigenvalue weighted by atomic mass is 19.2. The van der Waals surface area contributed by atoms with Crippen molar-refractivity contribution in [3.05, 3.63) is 35.4 Å². The van der Waals surface area contributed by atoms with Crippen LogP contribution >= 0.6 is 0 Å². The van der Waals surface area contributed by atoms with Crippen LogP contribution in [-0.4, -0.2) is 12.6 Å². The van der Waals surface area contributed by atoms with Gasteiger partial charge in [0.05, 0.1) is 0 Å². The van der Waals surface area contributed by atoms with Crippen molar-refractivity contribution >= 4 is 0 Å². The van der Waals surface area contributed by atoms with Crippen LogP contribution in [0.15, 0.2) is 18.2 Å². The van der Waals surface area contributed by atoms with E-state index in [9.17, 15) is 8.78 Å². The highest BCUT2D eigenvalue weighted by Gasteiger charge is 2.26. The van der Waals surface area contributed by atoms with Crippen LogP contribution in [0.25, 0.3) is 0 Å². The Hall–Kier alpha value is -0.960. The van der Waals surface area contributed by atoms with Gasteiger partial charge in [-0.3, -0.25) is 0 Å². The molecule has 0 amide bonds. The molecule has 0 heterocycles. The molecule has 2 rings (SSSR count). The second-order valence-electron chi connectivity index (χ2n) is 6.55. The average Bonchev–Trinajstić information content (AvgIpc) is 2.47. The maximum Gasteiger partial charge on any atom is 0.159 e. The molecule has 3 unspecified atom stereocenters. The molecule has 0 bridgehead atoms. The number of rotatable bonds is 6. The van der Waals surface area contributed by atoms with Crippen molar-refractivity contribution in [2.24, 2.45) is 11.8 Å². The molecule has 0 aliphatic heterocycles. The highest BCUT2D eigenvalue weighted by molar-refractivity contribution is 5.19. The molecule has 1 aromatic rings. The predicted octanol–water partition coefficient (Wildman–Crippen LogP) is 4.70. The Morgan fingerprint density at radius 3 is 2.71 bits per heavy atom. The first-order valence-electron chi connectivity index (χ1n) is 8.27. The lowest BCUT2D eigenvalue weighted by Crippen LogP contribution is -2.40. The minimum absolute atomic E-state index is 0.373. The standard InChI is InChI=1S/C18H27F2N/c1-3-9-21-18(15-6-4-5-13(2)10-15)12-14-7-8-16(19)17(20)11-14/h7-8,11,13,15,18,21H,3-6,9-10,12H2,1-2H3. The first kappa shape index (κ1) is 16.4. The highest BCUT2D eigenvalue weighted by Crippen LogP contribution is 2.32. The summed E-state index contributed by atoms with van der Waals surface area (Å²) in [6.45, 7) is 5.46. The van der Waals surface area contributed by atoms with E-state index in [1.54, 1.807) is 6.07 Å². The van der Waals surface area contributed by atoms with E-state index in [1.165, 1.54) is 37.8 Å². The van der Waals surface area contributed by atoms with E-state index in [4.69, 9.17) is 0 Å². The van der Waals surface area contributed by atoms with Gasteiger partial charge in [0.1, 0.15) is 0 Å². The maximum absolute atomic E-state index is 13.4. The second kappa shape index (κ2) is 7.88. The van der Waals surface area contributed by atoms with Gasteiger partial charge in [0, 0.05) is 6.04 Å². The van der Waals surface area contributed by atoms with Crippen molar-refractivity contribution in [3.8, 4) is 0 Å². The summed E-state index contributed by atoms with van der Waals surface area (Å²) in [5, 5.41) is 3.63. The number of hydrogen-bond donors (Lipinski definition) is 1. The summed E-state index contributed by atoms with van der Waals surface area (Å²) in [6, 6.07) is 4.68. The minimum Gasteiger partial charge on any atom is -0.313 e. The van der Waals surface area contributed by atoms with E-state index in [1.807, 2.05) is 0 Å². The van der Waals surface area contributed by atoms with Crippen LogP contribution in [0.3, 0.4) is 0 Å². The quantitative estimate of drug-likeness (QED) is 0.802. The van der Waals surface area contributed by atoms with Crippen LogP contribution in [0.2, 0.25) is 0 Å². The molecule has 1 N–H and O–H groups in total. The molecular formula is C18H27F2N. The zero-order chi connectivity index (χ0) is 15.2. The summed E-state index contributed by atoms with van der Waals surface area (Å²) in [5.41, 5.74) is 0.890. The summed E-state index contributed by atoms with van der Waals surface area (Å²) in [5.74, 6) is -0.0742. The van der Waals surface area contributed by atoms with Gasteiger partial charge >= 0.3 is 0 Å². The fraction of sp³-hybridized carbons (Fsp3) is 0.667. The normalized spacial score (nSPS) is 24.0. The minimum atomic E-state index is -0.761. The Balaban J connectivity index is 2.05. The fourth-order valence-corrected chi connectivity index (χ4v) is 3.50. The zero-order valence-corrected chi connectivity index (χ0v) is 13.2. The molecular weight excluding hydrogens is 268 g/mol. The summed E-state index contributed by atoms with van der Waals surface area (Å²) >= 11 is 0. The van der Waals surface area contributed by atoms with E-state index in [2.05, 4.69) is 19.2 Å². The molecule has 0 saturated heterocycles. The third-order valence-electron chi connectivity index (χ3n) is 4.64.